The summed E-state index contributed by atoms with van der Waals surface area (Å²) in [6, 6.07) is 0. The highest BCUT2D eigenvalue weighted by molar-refractivity contribution is 5.78. The van der Waals surface area contributed by atoms with Crippen molar-refractivity contribution in [1.82, 2.24) is 14.9 Å². The SMILES string of the molecule is Cc1ncc(CN=C(N)N2CCOCC2)c(=O)[nH]1. The number of H-pyrrole nitrogens is 1. The first kappa shape index (κ1) is 12.6. The van der Waals surface area contributed by atoms with Crippen LogP contribution in [-0.2, 0) is 11.3 Å². The zero-order valence-corrected chi connectivity index (χ0v) is 10.3. The lowest BCUT2D eigenvalue weighted by Gasteiger charge is -2.27. The third-order valence-corrected chi connectivity index (χ3v) is 2.75. The number of hydrogen-bond donors (Lipinski definition) is 2. The van der Waals surface area contributed by atoms with Gasteiger partial charge in [0.1, 0.15) is 5.82 Å². The first-order chi connectivity index (χ1) is 8.66. The summed E-state index contributed by atoms with van der Waals surface area (Å²) in [6.07, 6.45) is 1.53. The molecule has 1 aromatic rings. The summed E-state index contributed by atoms with van der Waals surface area (Å²) in [5, 5.41) is 0. The molecular formula is C11H17N5O2. The summed E-state index contributed by atoms with van der Waals surface area (Å²) < 4.78 is 5.23. The summed E-state index contributed by atoms with van der Waals surface area (Å²) in [5.41, 5.74) is 6.21. The largest absolute Gasteiger partial charge is 0.378 e. The molecular weight excluding hydrogens is 234 g/mol. The fourth-order valence-electron chi connectivity index (χ4n) is 1.68. The van der Waals surface area contributed by atoms with Crippen LogP contribution in [0.1, 0.15) is 11.4 Å². The van der Waals surface area contributed by atoms with E-state index in [0.717, 1.165) is 13.1 Å². The molecule has 0 aromatic carbocycles. The number of aryl methyl sites for hydroxylation is 1. The molecule has 0 radical (unpaired) electrons. The molecule has 0 atom stereocenters. The Morgan fingerprint density at radius 3 is 3.00 bits per heavy atom. The average Bonchev–Trinajstić information content (AvgIpc) is 2.38. The van der Waals surface area contributed by atoms with Crippen molar-refractivity contribution in [2.45, 2.75) is 13.5 Å². The topological polar surface area (TPSA) is 96.6 Å². The number of morpholine rings is 1. The van der Waals surface area contributed by atoms with Gasteiger partial charge in [0.2, 0.25) is 0 Å². The van der Waals surface area contributed by atoms with Gasteiger partial charge >= 0.3 is 0 Å². The van der Waals surface area contributed by atoms with Crippen molar-refractivity contribution in [3.63, 3.8) is 0 Å². The summed E-state index contributed by atoms with van der Waals surface area (Å²) in [7, 11) is 0. The Morgan fingerprint density at radius 1 is 1.61 bits per heavy atom. The Hall–Kier alpha value is -1.89. The first-order valence-corrected chi connectivity index (χ1v) is 5.84. The van der Waals surface area contributed by atoms with Gasteiger partial charge in [-0.05, 0) is 6.92 Å². The molecule has 0 saturated carbocycles. The molecule has 7 nitrogen and oxygen atoms in total. The van der Waals surface area contributed by atoms with E-state index in [4.69, 9.17) is 10.5 Å². The molecule has 0 spiro atoms. The quantitative estimate of drug-likeness (QED) is 0.531. The Labute approximate surface area is 105 Å². The maximum Gasteiger partial charge on any atom is 0.255 e. The molecule has 1 aliphatic heterocycles. The van der Waals surface area contributed by atoms with Gasteiger partial charge in [0.05, 0.1) is 25.3 Å². The molecule has 18 heavy (non-hydrogen) atoms. The normalized spacial score (nSPS) is 16.9. The van der Waals surface area contributed by atoms with Crippen LogP contribution in [0.15, 0.2) is 16.0 Å². The van der Waals surface area contributed by atoms with Gasteiger partial charge in [0.15, 0.2) is 5.96 Å². The lowest BCUT2D eigenvalue weighted by atomic mass is 10.3. The van der Waals surface area contributed by atoms with E-state index in [2.05, 4.69) is 15.0 Å². The molecule has 2 heterocycles. The van der Waals surface area contributed by atoms with E-state index < -0.39 is 0 Å². The fourth-order valence-corrected chi connectivity index (χ4v) is 1.68. The van der Waals surface area contributed by atoms with E-state index in [1.807, 2.05) is 4.90 Å². The smallest absolute Gasteiger partial charge is 0.255 e. The lowest BCUT2D eigenvalue weighted by Crippen LogP contribution is -2.44. The van der Waals surface area contributed by atoms with Crippen molar-refractivity contribution in [2.75, 3.05) is 26.3 Å². The van der Waals surface area contributed by atoms with Crippen molar-refractivity contribution in [1.29, 1.82) is 0 Å². The fraction of sp³-hybridized carbons (Fsp3) is 0.545. The van der Waals surface area contributed by atoms with Gasteiger partial charge in [-0.1, -0.05) is 0 Å². The average molecular weight is 251 g/mol. The van der Waals surface area contributed by atoms with Crippen LogP contribution in [0.2, 0.25) is 0 Å². The number of aliphatic imine (C=N–C) groups is 1. The van der Waals surface area contributed by atoms with Crippen LogP contribution in [0.4, 0.5) is 0 Å². The van der Waals surface area contributed by atoms with E-state index >= 15 is 0 Å². The summed E-state index contributed by atoms with van der Waals surface area (Å²) in [6.45, 7) is 4.75. The maximum atomic E-state index is 11.6. The minimum absolute atomic E-state index is 0.166. The summed E-state index contributed by atoms with van der Waals surface area (Å²) in [5.74, 6) is 1.03. The van der Waals surface area contributed by atoms with Crippen LogP contribution in [0, 0.1) is 6.92 Å². The zero-order valence-electron chi connectivity index (χ0n) is 10.3. The van der Waals surface area contributed by atoms with Gasteiger partial charge in [-0.25, -0.2) is 9.98 Å². The Kier molecular flexibility index (Phi) is 3.93. The van der Waals surface area contributed by atoms with Crippen LogP contribution in [0.3, 0.4) is 0 Å². The van der Waals surface area contributed by atoms with Gasteiger partial charge < -0.3 is 20.4 Å². The molecule has 3 N–H and O–H groups in total. The molecule has 0 amide bonds. The number of guanidine groups is 1. The van der Waals surface area contributed by atoms with E-state index in [0.29, 0.717) is 30.6 Å². The lowest BCUT2D eigenvalue weighted by molar-refractivity contribution is 0.0674. The monoisotopic (exact) mass is 251 g/mol. The molecule has 98 valence electrons. The number of nitrogens with two attached hydrogens (primary N) is 1. The molecule has 0 bridgehead atoms. The predicted molar refractivity (Wildman–Crippen MR) is 67.3 cm³/mol. The van der Waals surface area contributed by atoms with E-state index in [-0.39, 0.29) is 12.1 Å². The van der Waals surface area contributed by atoms with Crippen LogP contribution >= 0.6 is 0 Å². The molecule has 1 saturated heterocycles. The Balaban J connectivity index is 2.02. The maximum absolute atomic E-state index is 11.6. The number of hydrogen-bond acceptors (Lipinski definition) is 4. The Morgan fingerprint density at radius 2 is 2.33 bits per heavy atom. The molecule has 1 aromatic heterocycles. The molecule has 2 rings (SSSR count). The zero-order chi connectivity index (χ0) is 13.0. The van der Waals surface area contributed by atoms with E-state index in [9.17, 15) is 4.79 Å². The van der Waals surface area contributed by atoms with Gasteiger partial charge in [0.25, 0.3) is 5.56 Å². The van der Waals surface area contributed by atoms with Crippen LogP contribution in [0.25, 0.3) is 0 Å². The van der Waals surface area contributed by atoms with Gasteiger partial charge in [-0.2, -0.15) is 0 Å². The van der Waals surface area contributed by atoms with E-state index in [1.54, 1.807) is 6.92 Å². The van der Waals surface area contributed by atoms with E-state index in [1.165, 1.54) is 6.20 Å². The minimum Gasteiger partial charge on any atom is -0.378 e. The van der Waals surface area contributed by atoms with Crippen molar-refractivity contribution < 1.29 is 4.74 Å². The van der Waals surface area contributed by atoms with Crippen LogP contribution < -0.4 is 11.3 Å². The molecule has 7 heteroatoms. The minimum atomic E-state index is -0.166. The second-order valence-corrected chi connectivity index (χ2v) is 4.10. The summed E-state index contributed by atoms with van der Waals surface area (Å²) in [4.78, 5) is 24.4. The third kappa shape index (κ3) is 3.07. The van der Waals surface area contributed by atoms with Crippen LogP contribution in [0.5, 0.6) is 0 Å². The van der Waals surface area contributed by atoms with Gasteiger partial charge in [-0.15, -0.1) is 0 Å². The highest BCUT2D eigenvalue weighted by atomic mass is 16.5. The molecule has 1 fully saturated rings. The number of ether oxygens (including phenoxy) is 1. The van der Waals surface area contributed by atoms with Crippen molar-refractivity contribution in [2.24, 2.45) is 10.7 Å². The number of rotatable bonds is 2. The predicted octanol–water partition coefficient (Wildman–Crippen LogP) is -0.775. The van der Waals surface area contributed by atoms with Crippen molar-refractivity contribution >= 4 is 5.96 Å². The second kappa shape index (κ2) is 5.63. The number of nitrogens with one attached hydrogen (secondary N) is 1. The van der Waals surface area contributed by atoms with Crippen molar-refractivity contribution in [3.05, 3.63) is 27.9 Å². The molecule has 0 unspecified atom stereocenters. The number of nitrogens with zero attached hydrogens (tertiary/aromatic N) is 3. The standard InChI is InChI=1S/C11H17N5O2/c1-8-13-6-9(10(17)15-8)7-14-11(12)16-2-4-18-5-3-16/h6H,2-5,7H2,1H3,(H2,12,14)(H,13,15,17). The molecule has 0 aliphatic carbocycles. The van der Waals surface area contributed by atoms with Crippen molar-refractivity contribution in [3.8, 4) is 0 Å². The highest BCUT2D eigenvalue weighted by Crippen LogP contribution is 1.98. The summed E-state index contributed by atoms with van der Waals surface area (Å²) >= 11 is 0. The van der Waals surface area contributed by atoms with Gasteiger partial charge in [-0.3, -0.25) is 4.79 Å². The number of aromatic nitrogens is 2. The Bertz CT molecular complexity index is 490. The second-order valence-electron chi connectivity index (χ2n) is 4.10. The van der Waals surface area contributed by atoms with Gasteiger partial charge in [0, 0.05) is 19.3 Å². The highest BCUT2D eigenvalue weighted by Gasteiger charge is 2.12. The number of aromatic amines is 1. The first-order valence-electron chi connectivity index (χ1n) is 5.84. The molecule has 1 aliphatic rings. The third-order valence-electron chi connectivity index (χ3n) is 2.75. The van der Waals surface area contributed by atoms with Crippen LogP contribution in [-0.4, -0.2) is 47.1 Å².